The summed E-state index contributed by atoms with van der Waals surface area (Å²) in [4.78, 5) is 24.0. The number of hydrogen-bond acceptors (Lipinski definition) is 5. The van der Waals surface area contributed by atoms with Gasteiger partial charge in [-0.1, -0.05) is 24.3 Å². The molecule has 1 fully saturated rings. The lowest BCUT2D eigenvalue weighted by Gasteiger charge is -2.18. The summed E-state index contributed by atoms with van der Waals surface area (Å²) in [7, 11) is 1.56. The van der Waals surface area contributed by atoms with Crippen molar-refractivity contribution >= 4 is 11.8 Å². The van der Waals surface area contributed by atoms with Gasteiger partial charge in [0.1, 0.15) is 18.0 Å². The Morgan fingerprint density at radius 1 is 1.26 bits per heavy atom. The molecule has 2 aromatic rings. The van der Waals surface area contributed by atoms with E-state index < -0.39 is 18.0 Å². The van der Waals surface area contributed by atoms with Crippen molar-refractivity contribution < 1.29 is 18.7 Å². The molecule has 2 amide bonds. The van der Waals surface area contributed by atoms with Crippen molar-refractivity contribution in [1.29, 1.82) is 5.26 Å². The first-order valence-electron chi connectivity index (χ1n) is 10.1. The molecule has 1 aliphatic rings. The largest absolute Gasteiger partial charge is 0.367 e. The van der Waals surface area contributed by atoms with Crippen LogP contribution in [0.15, 0.2) is 42.5 Å². The van der Waals surface area contributed by atoms with Crippen LogP contribution in [0.1, 0.15) is 22.3 Å². The Hall–Kier alpha value is -3.28. The summed E-state index contributed by atoms with van der Waals surface area (Å²) in [6.07, 6.45) is 0.199. The average molecular weight is 424 g/mol. The summed E-state index contributed by atoms with van der Waals surface area (Å²) in [5.74, 6) is -1.04. The first-order chi connectivity index (χ1) is 15.0. The van der Waals surface area contributed by atoms with Gasteiger partial charge in [-0.3, -0.25) is 9.59 Å². The van der Waals surface area contributed by atoms with Gasteiger partial charge < -0.3 is 20.7 Å². The summed E-state index contributed by atoms with van der Waals surface area (Å²) >= 11 is 0. The van der Waals surface area contributed by atoms with Crippen molar-refractivity contribution in [3.63, 3.8) is 0 Å². The molecule has 1 aliphatic heterocycles. The summed E-state index contributed by atoms with van der Waals surface area (Å²) in [5.41, 5.74) is 2.27. The van der Waals surface area contributed by atoms with Gasteiger partial charge in [0, 0.05) is 32.2 Å². The van der Waals surface area contributed by atoms with E-state index in [1.165, 1.54) is 6.07 Å². The number of hydrogen-bond donors (Lipinski definition) is 3. The Labute approximate surface area is 180 Å². The zero-order chi connectivity index (χ0) is 22.2. The van der Waals surface area contributed by atoms with Crippen LogP contribution in [0.4, 0.5) is 4.39 Å². The van der Waals surface area contributed by atoms with Crippen molar-refractivity contribution in [3.8, 4) is 17.2 Å². The Kier molecular flexibility index (Phi) is 7.70. The number of carbonyl (C=O) groups is 2. The molecule has 0 saturated carbocycles. The third kappa shape index (κ3) is 5.87. The van der Waals surface area contributed by atoms with Gasteiger partial charge in [0.15, 0.2) is 0 Å². The Morgan fingerprint density at radius 2 is 2.00 bits per heavy atom. The molecule has 2 atom stereocenters. The molecule has 3 N–H and O–H groups in total. The predicted molar refractivity (Wildman–Crippen MR) is 114 cm³/mol. The van der Waals surface area contributed by atoms with Gasteiger partial charge in [0.25, 0.3) is 11.8 Å². The van der Waals surface area contributed by atoms with Crippen LogP contribution >= 0.6 is 0 Å². The van der Waals surface area contributed by atoms with Crippen LogP contribution in [0.2, 0.25) is 0 Å². The number of amides is 2. The Morgan fingerprint density at radius 3 is 2.68 bits per heavy atom. The molecular weight excluding hydrogens is 399 g/mol. The van der Waals surface area contributed by atoms with E-state index in [0.29, 0.717) is 29.8 Å². The zero-order valence-corrected chi connectivity index (χ0v) is 17.3. The van der Waals surface area contributed by atoms with Crippen LogP contribution in [-0.4, -0.2) is 50.7 Å². The molecule has 8 heteroatoms. The second kappa shape index (κ2) is 10.7. The molecule has 0 spiro atoms. The van der Waals surface area contributed by atoms with Crippen LogP contribution in [0.25, 0.3) is 11.1 Å². The third-order valence-electron chi connectivity index (χ3n) is 5.10. The van der Waals surface area contributed by atoms with Gasteiger partial charge in [-0.25, -0.2) is 4.39 Å². The number of rotatable bonds is 6. The number of benzene rings is 2. The predicted octanol–water partition coefficient (Wildman–Crippen LogP) is 1.78. The van der Waals surface area contributed by atoms with Gasteiger partial charge >= 0.3 is 0 Å². The maximum atomic E-state index is 14.7. The molecule has 0 aromatic heterocycles. The van der Waals surface area contributed by atoms with Gasteiger partial charge in [-0.2, -0.15) is 5.26 Å². The highest BCUT2D eigenvalue weighted by atomic mass is 19.1. The summed E-state index contributed by atoms with van der Waals surface area (Å²) in [5, 5.41) is 17.7. The molecule has 0 bridgehead atoms. The summed E-state index contributed by atoms with van der Waals surface area (Å²) < 4.78 is 20.2. The number of halogens is 1. The normalized spacial score (nSPS) is 17.1. The third-order valence-corrected chi connectivity index (χ3v) is 5.10. The molecule has 162 valence electrons. The number of nitriles is 1. The van der Waals surface area contributed by atoms with E-state index in [2.05, 4.69) is 16.0 Å². The van der Waals surface area contributed by atoms with Crippen LogP contribution < -0.4 is 16.0 Å². The number of nitrogens with zero attached hydrogens (tertiary/aromatic N) is 1. The minimum absolute atomic E-state index is 0.0457. The van der Waals surface area contributed by atoms with Crippen molar-refractivity contribution in [1.82, 2.24) is 16.0 Å². The summed E-state index contributed by atoms with van der Waals surface area (Å²) in [6, 6.07) is 12.7. The van der Waals surface area contributed by atoms with E-state index in [9.17, 15) is 19.2 Å². The van der Waals surface area contributed by atoms with E-state index in [0.717, 1.165) is 18.5 Å². The number of ether oxygens (including phenoxy) is 1. The topological polar surface area (TPSA) is 103 Å². The number of nitrogens with one attached hydrogen (secondary N) is 3. The van der Waals surface area contributed by atoms with E-state index >= 15 is 0 Å². The lowest BCUT2D eigenvalue weighted by molar-refractivity contribution is -0.132. The Bertz CT molecular complexity index is 964. The molecular formula is C23H25FN4O3. The highest BCUT2D eigenvalue weighted by Gasteiger charge is 2.24. The van der Waals surface area contributed by atoms with Crippen LogP contribution in [-0.2, 0) is 16.0 Å². The van der Waals surface area contributed by atoms with E-state index in [1.807, 2.05) is 6.07 Å². The fraction of sp³-hybridized carbons (Fsp3) is 0.348. The van der Waals surface area contributed by atoms with E-state index in [1.54, 1.807) is 43.4 Å². The van der Waals surface area contributed by atoms with E-state index in [-0.39, 0.29) is 18.2 Å². The second-order valence-electron chi connectivity index (χ2n) is 7.27. The van der Waals surface area contributed by atoms with Gasteiger partial charge in [-0.05, 0) is 47.9 Å². The lowest BCUT2D eigenvalue weighted by Crippen LogP contribution is -2.46. The quantitative estimate of drug-likeness (QED) is 0.656. The average Bonchev–Trinajstić information content (AvgIpc) is 3.09. The molecule has 3 rings (SSSR count). The molecule has 1 heterocycles. The molecule has 0 unspecified atom stereocenters. The monoisotopic (exact) mass is 424 g/mol. The molecule has 2 aromatic carbocycles. The molecule has 1 saturated heterocycles. The minimum atomic E-state index is -0.869. The molecule has 7 nitrogen and oxygen atoms in total. The van der Waals surface area contributed by atoms with Gasteiger partial charge in [0.05, 0.1) is 6.07 Å². The lowest BCUT2D eigenvalue weighted by atomic mass is 9.99. The standard InChI is InChI=1S/C23H25FN4O3/c1-26-22(29)16-5-3-15(4-6-16)17-7-8-18(20(24)12-17)11-19(13-25)28-23(30)21-14-27-9-2-10-31-21/h3-8,12,19,21,27H,2,9-11,14H2,1H3,(H,26,29)(H,28,30)/t19-,21-/m0/s1. The highest BCUT2D eigenvalue weighted by Crippen LogP contribution is 2.23. The molecule has 31 heavy (non-hydrogen) atoms. The first kappa shape index (κ1) is 22.4. The van der Waals surface area contributed by atoms with Gasteiger partial charge in [0.2, 0.25) is 0 Å². The highest BCUT2D eigenvalue weighted by molar-refractivity contribution is 5.94. The summed E-state index contributed by atoms with van der Waals surface area (Å²) in [6.45, 7) is 1.63. The SMILES string of the molecule is CNC(=O)c1ccc(-c2ccc(C[C@@H](C#N)NC(=O)[C@@H]3CNCCCO3)c(F)c2)cc1. The van der Waals surface area contributed by atoms with Crippen molar-refractivity contribution in [2.75, 3.05) is 26.7 Å². The van der Waals surface area contributed by atoms with Gasteiger partial charge in [-0.15, -0.1) is 0 Å². The molecule has 0 radical (unpaired) electrons. The van der Waals surface area contributed by atoms with Crippen molar-refractivity contribution in [2.24, 2.45) is 0 Å². The maximum Gasteiger partial charge on any atom is 0.251 e. The maximum absolute atomic E-state index is 14.7. The van der Waals surface area contributed by atoms with Crippen LogP contribution in [0.3, 0.4) is 0 Å². The van der Waals surface area contributed by atoms with E-state index in [4.69, 9.17) is 4.74 Å². The molecule has 0 aliphatic carbocycles. The smallest absolute Gasteiger partial charge is 0.251 e. The zero-order valence-electron chi connectivity index (χ0n) is 17.3. The Balaban J connectivity index is 1.66. The number of carbonyl (C=O) groups excluding carboxylic acids is 2. The fourth-order valence-corrected chi connectivity index (χ4v) is 3.35. The van der Waals surface area contributed by atoms with Crippen LogP contribution in [0, 0.1) is 17.1 Å². The fourth-order valence-electron chi connectivity index (χ4n) is 3.35. The van der Waals surface area contributed by atoms with Crippen molar-refractivity contribution in [3.05, 3.63) is 59.4 Å². The first-order valence-corrected chi connectivity index (χ1v) is 10.1. The van der Waals surface area contributed by atoms with Crippen molar-refractivity contribution in [2.45, 2.75) is 25.0 Å². The second-order valence-corrected chi connectivity index (χ2v) is 7.27. The minimum Gasteiger partial charge on any atom is -0.367 e. The van der Waals surface area contributed by atoms with Crippen LogP contribution in [0.5, 0.6) is 0 Å².